The number of amides is 1. The summed E-state index contributed by atoms with van der Waals surface area (Å²) in [5.74, 6) is 0.0235. The first-order valence-corrected chi connectivity index (χ1v) is 7.21. The van der Waals surface area contributed by atoms with Crippen LogP contribution in [-0.4, -0.2) is 37.6 Å². The van der Waals surface area contributed by atoms with Crippen molar-refractivity contribution in [3.8, 4) is 0 Å². The topological polar surface area (TPSA) is 29.5 Å². The molecule has 0 radical (unpaired) electrons. The molecule has 0 saturated carbocycles. The second-order valence-corrected chi connectivity index (χ2v) is 5.63. The van der Waals surface area contributed by atoms with E-state index >= 15 is 0 Å². The molecule has 0 atom stereocenters. The number of carbonyl (C=O) groups excluding carboxylic acids is 1. The highest BCUT2D eigenvalue weighted by Gasteiger charge is 2.14. The van der Waals surface area contributed by atoms with E-state index in [9.17, 15) is 4.79 Å². The molecule has 0 fully saturated rings. The van der Waals surface area contributed by atoms with Crippen molar-refractivity contribution in [2.24, 2.45) is 0 Å². The fourth-order valence-corrected chi connectivity index (χ4v) is 2.24. The smallest absolute Gasteiger partial charge is 0.254 e. The average Bonchev–Trinajstić information content (AvgIpc) is 2.31. The summed E-state index contributed by atoms with van der Waals surface area (Å²) >= 11 is 5.55. The predicted molar refractivity (Wildman–Crippen MR) is 80.3 cm³/mol. The molecule has 5 heteroatoms. The minimum Gasteiger partial charge on any atom is -0.380 e. The van der Waals surface area contributed by atoms with Gasteiger partial charge >= 0.3 is 0 Å². The minimum atomic E-state index is 0.0235. The first-order valence-electron chi connectivity index (χ1n) is 5.34. The second kappa shape index (κ2) is 7.33. The summed E-state index contributed by atoms with van der Waals surface area (Å²) in [6.07, 6.45) is 0. The van der Waals surface area contributed by atoms with E-state index in [1.165, 1.54) is 0 Å². The molecular weight excluding hydrogens is 397 g/mol. The molecule has 0 N–H and O–H groups in total. The highest BCUT2D eigenvalue weighted by Crippen LogP contribution is 2.19. The van der Waals surface area contributed by atoms with Crippen molar-refractivity contribution in [2.45, 2.75) is 6.92 Å². The van der Waals surface area contributed by atoms with E-state index in [4.69, 9.17) is 4.74 Å². The molecule has 0 unspecified atom stereocenters. The Bertz CT molecular complexity index is 398. The first kappa shape index (κ1) is 14.9. The van der Waals surface area contributed by atoms with Gasteiger partial charge in [-0.25, -0.2) is 0 Å². The highest BCUT2D eigenvalue weighted by atomic mass is 127. The van der Waals surface area contributed by atoms with Crippen molar-refractivity contribution < 1.29 is 9.53 Å². The Morgan fingerprint density at radius 2 is 2.24 bits per heavy atom. The molecule has 0 aromatic heterocycles. The number of rotatable bonds is 5. The van der Waals surface area contributed by atoms with Gasteiger partial charge in [0, 0.05) is 28.2 Å². The number of nitrogens with zero attached hydrogens (tertiary/aromatic N) is 1. The van der Waals surface area contributed by atoms with Gasteiger partial charge in [-0.3, -0.25) is 4.79 Å². The molecule has 0 spiro atoms. The van der Waals surface area contributed by atoms with Crippen LogP contribution >= 0.6 is 38.5 Å². The molecule has 0 aliphatic rings. The van der Waals surface area contributed by atoms with Crippen LogP contribution in [0.25, 0.3) is 0 Å². The fraction of sp³-hybridized carbons (Fsp3) is 0.417. The molecule has 1 aromatic carbocycles. The van der Waals surface area contributed by atoms with Crippen molar-refractivity contribution in [2.75, 3.05) is 26.8 Å². The zero-order valence-electron chi connectivity index (χ0n) is 9.87. The fourth-order valence-electron chi connectivity index (χ4n) is 1.31. The molecule has 1 aromatic rings. The first-order chi connectivity index (χ1) is 8.06. The number of hydrogen-bond donors (Lipinski definition) is 0. The zero-order valence-corrected chi connectivity index (χ0v) is 13.6. The maximum Gasteiger partial charge on any atom is 0.254 e. The number of ether oxygens (including phenoxy) is 1. The standard InChI is InChI=1S/C12H15BrINO2/c1-3-17-7-6-15(2)12(16)10-8-9(13)4-5-11(10)14/h4-5,8H,3,6-7H2,1-2H3. The van der Waals surface area contributed by atoms with Gasteiger partial charge in [-0.2, -0.15) is 0 Å². The van der Waals surface area contributed by atoms with Crippen molar-refractivity contribution in [3.63, 3.8) is 0 Å². The monoisotopic (exact) mass is 411 g/mol. The molecule has 0 saturated heterocycles. The van der Waals surface area contributed by atoms with Gasteiger partial charge in [0.25, 0.3) is 5.91 Å². The Balaban J connectivity index is 2.71. The van der Waals surface area contributed by atoms with Crippen molar-refractivity contribution in [1.29, 1.82) is 0 Å². The lowest BCUT2D eigenvalue weighted by atomic mass is 10.2. The third-order valence-corrected chi connectivity index (χ3v) is 3.71. The van der Waals surface area contributed by atoms with Crippen molar-refractivity contribution in [1.82, 2.24) is 4.90 Å². The van der Waals surface area contributed by atoms with Crippen LogP contribution in [0.2, 0.25) is 0 Å². The predicted octanol–water partition coefficient (Wildman–Crippen LogP) is 3.16. The third-order valence-electron chi connectivity index (χ3n) is 2.28. The molecule has 94 valence electrons. The van der Waals surface area contributed by atoms with Crippen LogP contribution in [0.4, 0.5) is 0 Å². The Labute approximate surface area is 124 Å². The van der Waals surface area contributed by atoms with Crippen LogP contribution in [0.3, 0.4) is 0 Å². The Hall–Kier alpha value is -0.140. The number of halogens is 2. The van der Waals surface area contributed by atoms with E-state index in [0.717, 1.165) is 13.6 Å². The van der Waals surface area contributed by atoms with E-state index in [2.05, 4.69) is 38.5 Å². The summed E-state index contributed by atoms with van der Waals surface area (Å²) in [6, 6.07) is 5.70. The lowest BCUT2D eigenvalue weighted by Gasteiger charge is -2.18. The Morgan fingerprint density at radius 1 is 1.53 bits per heavy atom. The quantitative estimate of drug-likeness (QED) is 0.550. The molecular formula is C12H15BrINO2. The molecule has 0 aliphatic carbocycles. The van der Waals surface area contributed by atoms with Gasteiger partial charge in [0.2, 0.25) is 0 Å². The molecule has 3 nitrogen and oxygen atoms in total. The number of carbonyl (C=O) groups is 1. The Morgan fingerprint density at radius 3 is 2.88 bits per heavy atom. The largest absolute Gasteiger partial charge is 0.380 e. The minimum absolute atomic E-state index is 0.0235. The lowest BCUT2D eigenvalue weighted by Crippen LogP contribution is -2.30. The normalized spacial score (nSPS) is 10.4. The summed E-state index contributed by atoms with van der Waals surface area (Å²) in [5, 5.41) is 0. The molecule has 1 amide bonds. The van der Waals surface area contributed by atoms with Crippen LogP contribution in [0.1, 0.15) is 17.3 Å². The molecule has 0 bridgehead atoms. The van der Waals surface area contributed by atoms with Crippen molar-refractivity contribution >= 4 is 44.4 Å². The van der Waals surface area contributed by atoms with E-state index in [0.29, 0.717) is 19.8 Å². The summed E-state index contributed by atoms with van der Waals surface area (Å²) in [7, 11) is 1.79. The van der Waals surface area contributed by atoms with E-state index in [1.54, 1.807) is 11.9 Å². The Kier molecular flexibility index (Phi) is 6.43. The van der Waals surface area contributed by atoms with Gasteiger partial charge in [-0.15, -0.1) is 0 Å². The number of likely N-dealkylation sites (N-methyl/N-ethyl adjacent to an activating group) is 1. The van der Waals surface area contributed by atoms with Crippen LogP contribution in [-0.2, 0) is 4.74 Å². The maximum atomic E-state index is 12.2. The summed E-state index contributed by atoms with van der Waals surface area (Å²) in [5.41, 5.74) is 0.721. The molecule has 17 heavy (non-hydrogen) atoms. The summed E-state index contributed by atoms with van der Waals surface area (Å²) in [6.45, 7) is 3.80. The van der Waals surface area contributed by atoms with Crippen molar-refractivity contribution in [3.05, 3.63) is 31.8 Å². The summed E-state index contributed by atoms with van der Waals surface area (Å²) in [4.78, 5) is 13.8. The highest BCUT2D eigenvalue weighted by molar-refractivity contribution is 14.1. The average molecular weight is 412 g/mol. The van der Waals surface area contributed by atoms with Crippen LogP contribution < -0.4 is 0 Å². The molecule has 0 aliphatic heterocycles. The lowest BCUT2D eigenvalue weighted by molar-refractivity contribution is 0.0709. The number of benzene rings is 1. The SMILES string of the molecule is CCOCCN(C)C(=O)c1cc(Br)ccc1I. The second-order valence-electron chi connectivity index (χ2n) is 3.55. The van der Waals surface area contributed by atoms with Gasteiger partial charge in [0.1, 0.15) is 0 Å². The summed E-state index contributed by atoms with van der Waals surface area (Å²) < 4.78 is 7.11. The van der Waals surface area contributed by atoms with Gasteiger partial charge in [-0.1, -0.05) is 15.9 Å². The van der Waals surface area contributed by atoms with E-state index in [1.807, 2.05) is 25.1 Å². The van der Waals surface area contributed by atoms with Gasteiger partial charge in [0.05, 0.1) is 12.2 Å². The van der Waals surface area contributed by atoms with E-state index in [-0.39, 0.29) is 5.91 Å². The van der Waals surface area contributed by atoms with Crippen LogP contribution in [0.15, 0.2) is 22.7 Å². The number of hydrogen-bond acceptors (Lipinski definition) is 2. The van der Waals surface area contributed by atoms with Crippen LogP contribution in [0.5, 0.6) is 0 Å². The van der Waals surface area contributed by atoms with Gasteiger partial charge < -0.3 is 9.64 Å². The molecule has 1 rings (SSSR count). The van der Waals surface area contributed by atoms with Gasteiger partial charge in [-0.05, 0) is 47.7 Å². The van der Waals surface area contributed by atoms with E-state index < -0.39 is 0 Å². The zero-order chi connectivity index (χ0) is 12.8. The third kappa shape index (κ3) is 4.56. The van der Waals surface area contributed by atoms with Crippen LogP contribution in [0, 0.1) is 3.57 Å². The molecule has 0 heterocycles. The van der Waals surface area contributed by atoms with Gasteiger partial charge in [0.15, 0.2) is 0 Å². The maximum absolute atomic E-state index is 12.2.